The van der Waals surface area contributed by atoms with Crippen LogP contribution in [0.2, 0.25) is 0 Å². The lowest BCUT2D eigenvalue weighted by Crippen LogP contribution is -2.37. The first kappa shape index (κ1) is 24.8. The van der Waals surface area contributed by atoms with Crippen LogP contribution < -0.4 is 16.4 Å². The number of nitrogens with one attached hydrogen (secondary N) is 1. The Bertz CT molecular complexity index is 1350. The average Bonchev–Trinajstić information content (AvgIpc) is 3.20. The number of nitrogens with zero attached hydrogens (tertiary/aromatic N) is 5. The Balaban J connectivity index is 0.00000289. The molecule has 1 saturated heterocycles. The molecule has 12 heteroatoms. The van der Waals surface area contributed by atoms with Crippen LogP contribution in [-0.2, 0) is 10.9 Å². The molecule has 0 bridgehead atoms. The molecular weight excluding hydrogens is 479 g/mol. The molecule has 5 rings (SSSR count). The number of benzene rings is 2. The van der Waals surface area contributed by atoms with Crippen LogP contribution >= 0.6 is 11.3 Å². The van der Waals surface area contributed by atoms with Crippen molar-refractivity contribution in [1.29, 1.82) is 0 Å². The van der Waals surface area contributed by atoms with Crippen molar-refractivity contribution in [2.24, 2.45) is 0 Å². The third-order valence-electron chi connectivity index (χ3n) is 5.41. The quantitative estimate of drug-likeness (QED) is 0.374. The average molecular weight is 504 g/mol. The minimum absolute atomic E-state index is 0. The van der Waals surface area contributed by atoms with Crippen LogP contribution in [0.3, 0.4) is 0 Å². The first-order valence-corrected chi connectivity index (χ1v) is 11.5. The monoisotopic (exact) mass is 503 g/mol. The van der Waals surface area contributed by atoms with Crippen molar-refractivity contribution in [3.8, 4) is 11.4 Å². The van der Waals surface area contributed by atoms with Crippen LogP contribution in [0.5, 0.6) is 0 Å². The maximum Gasteiger partial charge on any atom is 0.416 e. The molecule has 8 nitrogen and oxygen atoms in total. The molecule has 0 radical (unpaired) electrons. The lowest BCUT2D eigenvalue weighted by Gasteiger charge is -2.27. The van der Waals surface area contributed by atoms with Crippen LogP contribution in [0, 0.1) is 13.8 Å². The highest BCUT2D eigenvalue weighted by molar-refractivity contribution is 7.18. The number of aryl methyl sites for hydroxylation is 2. The zero-order valence-electron chi connectivity index (χ0n) is 19.2. The topological polar surface area (TPSA) is 111 Å². The van der Waals surface area contributed by atoms with E-state index in [0.717, 1.165) is 38.5 Å². The minimum Gasteiger partial charge on any atom is -0.378 e. The summed E-state index contributed by atoms with van der Waals surface area (Å²) in [6, 6.07) is 8.91. The molecule has 3 heterocycles. The third-order valence-corrected chi connectivity index (χ3v) is 6.33. The normalized spacial score (nSPS) is 14.1. The van der Waals surface area contributed by atoms with Crippen LogP contribution in [-0.4, -0.2) is 46.2 Å². The highest BCUT2D eigenvalue weighted by Gasteiger charge is 2.30. The molecule has 184 valence electrons. The molecule has 0 atom stereocenters. The van der Waals surface area contributed by atoms with Crippen LogP contribution in [0.1, 0.15) is 16.1 Å². The fourth-order valence-electron chi connectivity index (χ4n) is 3.79. The Morgan fingerprint density at radius 3 is 2.51 bits per heavy atom. The fourth-order valence-corrected chi connectivity index (χ4v) is 4.74. The molecule has 35 heavy (non-hydrogen) atoms. The molecule has 1 fully saturated rings. The number of halogens is 3. The summed E-state index contributed by atoms with van der Waals surface area (Å²) in [6.45, 7) is 6.25. The largest absolute Gasteiger partial charge is 0.416 e. The molecule has 2 aromatic heterocycles. The molecule has 0 spiro atoms. The molecule has 1 aliphatic heterocycles. The first-order chi connectivity index (χ1) is 16.3. The van der Waals surface area contributed by atoms with E-state index in [0.29, 0.717) is 38.1 Å². The molecule has 0 aliphatic carbocycles. The number of anilines is 3. The van der Waals surface area contributed by atoms with E-state index in [1.165, 1.54) is 6.07 Å². The first-order valence-electron chi connectivity index (χ1n) is 10.7. The van der Waals surface area contributed by atoms with Crippen molar-refractivity contribution in [3.05, 3.63) is 52.5 Å². The van der Waals surface area contributed by atoms with E-state index in [1.807, 2.05) is 30.9 Å². The predicted molar refractivity (Wildman–Crippen MR) is 131 cm³/mol. The molecule has 2 aromatic carbocycles. The summed E-state index contributed by atoms with van der Waals surface area (Å²) in [5.41, 5.74) is 2.22. The Kier molecular flexibility index (Phi) is 6.88. The van der Waals surface area contributed by atoms with Gasteiger partial charge >= 0.3 is 6.18 Å². The SMILES string of the molecule is Cc1nc2c(C)cc(-c3nc(Nc4cccc(C(F)(F)F)c4)nc(N4CCOCC4)n3)cc2s1.N. The van der Waals surface area contributed by atoms with Gasteiger partial charge in [-0.2, -0.15) is 28.1 Å². The van der Waals surface area contributed by atoms with Crippen molar-refractivity contribution in [2.45, 2.75) is 20.0 Å². The molecule has 4 N–H and O–H groups in total. The van der Waals surface area contributed by atoms with Crippen molar-refractivity contribution >= 4 is 39.1 Å². The lowest BCUT2D eigenvalue weighted by atomic mass is 10.1. The van der Waals surface area contributed by atoms with Gasteiger partial charge in [-0.15, -0.1) is 11.3 Å². The number of morpholine rings is 1. The van der Waals surface area contributed by atoms with Gasteiger partial charge in [0.25, 0.3) is 0 Å². The Hall–Kier alpha value is -3.35. The predicted octanol–water partition coefficient (Wildman–Crippen LogP) is 5.53. The van der Waals surface area contributed by atoms with Gasteiger partial charge in [-0.1, -0.05) is 6.07 Å². The summed E-state index contributed by atoms with van der Waals surface area (Å²) in [5, 5.41) is 3.90. The number of hydrogen-bond acceptors (Lipinski definition) is 9. The molecule has 0 unspecified atom stereocenters. The van der Waals surface area contributed by atoms with Gasteiger partial charge in [0.2, 0.25) is 11.9 Å². The van der Waals surface area contributed by atoms with E-state index in [1.54, 1.807) is 17.4 Å². The lowest BCUT2D eigenvalue weighted by molar-refractivity contribution is -0.137. The number of hydrogen-bond donors (Lipinski definition) is 2. The Morgan fingerprint density at radius 1 is 1.00 bits per heavy atom. The Labute approximate surface area is 203 Å². The molecule has 0 amide bonds. The summed E-state index contributed by atoms with van der Waals surface area (Å²) in [4.78, 5) is 20.3. The van der Waals surface area contributed by atoms with Crippen molar-refractivity contribution in [1.82, 2.24) is 26.1 Å². The number of alkyl halides is 3. The standard InChI is InChI=1S/C23H21F3N6OS.H3N/c1-13-10-15(11-18-19(13)27-14(2)34-18)20-29-21(31-22(30-20)32-6-8-33-9-7-32)28-17-5-3-4-16(12-17)23(24,25)26;/h3-5,10-12H,6-9H2,1-2H3,(H,28,29,30,31);1H3. The molecule has 1 aliphatic rings. The van der Waals surface area contributed by atoms with Crippen molar-refractivity contribution in [2.75, 3.05) is 36.5 Å². The van der Waals surface area contributed by atoms with E-state index < -0.39 is 11.7 Å². The summed E-state index contributed by atoms with van der Waals surface area (Å²) in [6.07, 6.45) is -4.44. The maximum atomic E-state index is 13.2. The summed E-state index contributed by atoms with van der Waals surface area (Å²) in [5.74, 6) is 1.05. The van der Waals surface area contributed by atoms with Crippen LogP contribution in [0.15, 0.2) is 36.4 Å². The summed E-state index contributed by atoms with van der Waals surface area (Å²) >= 11 is 1.59. The van der Waals surface area contributed by atoms with E-state index in [-0.39, 0.29) is 17.8 Å². The minimum atomic E-state index is -4.44. The second kappa shape index (κ2) is 9.72. The molecule has 4 aromatic rings. The second-order valence-electron chi connectivity index (χ2n) is 7.96. The number of aromatic nitrogens is 4. The number of rotatable bonds is 4. The van der Waals surface area contributed by atoms with Gasteiger partial charge in [0.1, 0.15) is 0 Å². The smallest absolute Gasteiger partial charge is 0.378 e. The van der Waals surface area contributed by atoms with Gasteiger partial charge in [0, 0.05) is 24.3 Å². The fraction of sp³-hybridized carbons (Fsp3) is 0.304. The zero-order chi connectivity index (χ0) is 23.9. The van der Waals surface area contributed by atoms with Gasteiger partial charge in [0.15, 0.2) is 5.82 Å². The van der Waals surface area contributed by atoms with E-state index in [2.05, 4.69) is 20.3 Å². The van der Waals surface area contributed by atoms with E-state index >= 15 is 0 Å². The van der Waals surface area contributed by atoms with Gasteiger partial charge in [-0.25, -0.2) is 4.98 Å². The highest BCUT2D eigenvalue weighted by atomic mass is 32.1. The number of ether oxygens (including phenoxy) is 1. The summed E-state index contributed by atoms with van der Waals surface area (Å²) in [7, 11) is 0. The van der Waals surface area contributed by atoms with E-state index in [4.69, 9.17) is 9.72 Å². The number of thiazole rings is 1. The third kappa shape index (κ3) is 5.34. The summed E-state index contributed by atoms with van der Waals surface area (Å²) < 4.78 is 46.0. The van der Waals surface area contributed by atoms with Crippen molar-refractivity contribution in [3.63, 3.8) is 0 Å². The molecular formula is C23H24F3N7OS. The van der Waals surface area contributed by atoms with Crippen LogP contribution in [0.25, 0.3) is 21.6 Å². The van der Waals surface area contributed by atoms with E-state index in [9.17, 15) is 13.2 Å². The van der Waals surface area contributed by atoms with Gasteiger partial charge in [0.05, 0.1) is 34.0 Å². The number of fused-ring (bicyclic) bond motifs is 1. The zero-order valence-corrected chi connectivity index (χ0v) is 20.0. The molecule has 0 saturated carbocycles. The van der Waals surface area contributed by atoms with Gasteiger partial charge < -0.3 is 21.1 Å². The van der Waals surface area contributed by atoms with Gasteiger partial charge in [-0.05, 0) is 49.7 Å². The maximum absolute atomic E-state index is 13.2. The second-order valence-corrected chi connectivity index (χ2v) is 9.19. The highest BCUT2D eigenvalue weighted by Crippen LogP contribution is 2.33. The van der Waals surface area contributed by atoms with Gasteiger partial charge in [-0.3, -0.25) is 0 Å². The van der Waals surface area contributed by atoms with Crippen LogP contribution in [0.4, 0.5) is 30.8 Å². The Morgan fingerprint density at radius 2 is 1.77 bits per heavy atom. The van der Waals surface area contributed by atoms with Crippen molar-refractivity contribution < 1.29 is 17.9 Å².